The first-order valence-corrected chi connectivity index (χ1v) is 14.1. The van der Waals surface area contributed by atoms with Gasteiger partial charge < -0.3 is 51.4 Å². The third kappa shape index (κ3) is 4.69. The fourth-order valence-electron chi connectivity index (χ4n) is 5.07. The van der Waals surface area contributed by atoms with Gasteiger partial charge in [-0.2, -0.15) is 9.97 Å². The lowest BCUT2D eigenvalue weighted by atomic mass is 10.1. The van der Waals surface area contributed by atoms with Gasteiger partial charge in [0.15, 0.2) is 40.6 Å². The van der Waals surface area contributed by atoms with Crippen molar-refractivity contribution < 1.29 is 49.0 Å². The highest BCUT2D eigenvalue weighted by Gasteiger charge is 2.56. The molecular formula is C20H25N10O12P. The van der Waals surface area contributed by atoms with Crippen LogP contribution in [0.4, 0.5) is 11.9 Å². The Morgan fingerprint density at radius 2 is 1.44 bits per heavy atom. The van der Waals surface area contributed by atoms with Crippen LogP contribution in [0, 0.1) is 0 Å². The van der Waals surface area contributed by atoms with Crippen LogP contribution >= 0.6 is 7.60 Å². The van der Waals surface area contributed by atoms with Crippen molar-refractivity contribution >= 4 is 41.8 Å². The van der Waals surface area contributed by atoms with E-state index >= 15 is 0 Å². The van der Waals surface area contributed by atoms with Crippen LogP contribution in [0.3, 0.4) is 0 Å². The van der Waals surface area contributed by atoms with Crippen molar-refractivity contribution in [2.75, 3.05) is 18.1 Å². The summed E-state index contributed by atoms with van der Waals surface area (Å²) in [5.41, 5.74) is 9.17. The Kier molecular flexibility index (Phi) is 7.08. The average molecular weight is 628 g/mol. The number of hydrogen-bond donors (Lipinski definition) is 10. The van der Waals surface area contributed by atoms with Gasteiger partial charge in [-0.3, -0.25) is 37.8 Å². The molecule has 4 aromatic heterocycles. The molecule has 2 unspecified atom stereocenters. The molecule has 23 heteroatoms. The number of aromatic nitrogens is 8. The van der Waals surface area contributed by atoms with Crippen LogP contribution < -0.4 is 22.6 Å². The molecule has 0 radical (unpaired) electrons. The molecule has 43 heavy (non-hydrogen) atoms. The number of aliphatic hydroxyl groups excluding tert-OH is 5. The van der Waals surface area contributed by atoms with Crippen LogP contribution in [0.2, 0.25) is 0 Å². The highest BCUT2D eigenvalue weighted by molar-refractivity contribution is 7.53. The van der Waals surface area contributed by atoms with Gasteiger partial charge in [-0.1, -0.05) is 0 Å². The van der Waals surface area contributed by atoms with Crippen molar-refractivity contribution in [2.24, 2.45) is 0 Å². The molecule has 2 fully saturated rings. The van der Waals surface area contributed by atoms with Crippen molar-refractivity contribution in [3.05, 3.63) is 33.4 Å². The predicted molar refractivity (Wildman–Crippen MR) is 139 cm³/mol. The van der Waals surface area contributed by atoms with Gasteiger partial charge in [0.2, 0.25) is 11.9 Å². The van der Waals surface area contributed by atoms with Crippen LogP contribution in [-0.4, -0.2) is 119 Å². The molecule has 2 aliphatic rings. The Morgan fingerprint density at radius 3 is 1.95 bits per heavy atom. The van der Waals surface area contributed by atoms with Crippen molar-refractivity contribution in [3.8, 4) is 0 Å². The largest absolute Gasteiger partial charge is 0.394 e. The SMILES string of the molecule is Nc1nc2c(ncn2[C@@H]2O[C@H](C(O)P(=O)(O)O[C@H]3[C@@H](O)[C@H](n4cnc5c(=O)[nH]c(N)nc54)O[C@@H]3CO)[C@@H](O)[C@H]2O)c(=O)[nH]1. The Morgan fingerprint density at radius 1 is 0.930 bits per heavy atom. The first-order chi connectivity index (χ1) is 20.3. The maximum Gasteiger partial charge on any atom is 0.359 e. The number of aromatic amines is 2. The van der Waals surface area contributed by atoms with Gasteiger partial charge in [-0.05, 0) is 0 Å². The second kappa shape index (κ2) is 10.4. The lowest BCUT2D eigenvalue weighted by molar-refractivity contribution is -0.0722. The topological polar surface area (TPSA) is 345 Å². The van der Waals surface area contributed by atoms with Crippen LogP contribution in [0.25, 0.3) is 22.3 Å². The Labute approximate surface area is 236 Å². The Balaban J connectivity index is 1.24. The molecule has 0 bridgehead atoms. The van der Waals surface area contributed by atoms with E-state index in [1.54, 1.807) is 0 Å². The molecule has 6 heterocycles. The first-order valence-electron chi connectivity index (χ1n) is 12.4. The second-order valence-corrected chi connectivity index (χ2v) is 11.7. The fraction of sp³-hybridized carbons (Fsp3) is 0.500. The molecule has 0 aliphatic carbocycles. The molecule has 0 aromatic carbocycles. The molecule has 232 valence electrons. The zero-order chi connectivity index (χ0) is 31.0. The summed E-state index contributed by atoms with van der Waals surface area (Å²) in [6, 6.07) is 0. The minimum Gasteiger partial charge on any atom is -0.394 e. The molecule has 12 N–H and O–H groups in total. The standard InChI is InChI=1S/C20H25N10O12P/c21-19-25-12-5(14(35)27-19)23-2-29(12)16-8(33)7(32)11(41-16)18(37)43(38,39)42-10-4(1-31)40-17(9(10)34)30-3-24-6-13(30)26-20(22)28-15(6)36/h2-4,7-11,16-18,31-34,37H,1H2,(H,38,39)(H3,21,25,27,35)(H3,22,26,28,36)/t4-,7+,8-,9-,10-,11+,16-,17-,18?/m1/s1. The summed E-state index contributed by atoms with van der Waals surface area (Å²) in [5, 5.41) is 52.9. The van der Waals surface area contributed by atoms with E-state index in [2.05, 4.69) is 29.9 Å². The van der Waals surface area contributed by atoms with Gasteiger partial charge >= 0.3 is 7.60 Å². The van der Waals surface area contributed by atoms with E-state index in [1.807, 2.05) is 0 Å². The first kappa shape index (κ1) is 29.3. The van der Waals surface area contributed by atoms with E-state index in [1.165, 1.54) is 0 Å². The van der Waals surface area contributed by atoms with Gasteiger partial charge in [-0.15, -0.1) is 0 Å². The summed E-state index contributed by atoms with van der Waals surface area (Å²) in [5.74, 6) is -3.08. The maximum absolute atomic E-state index is 13.3. The smallest absolute Gasteiger partial charge is 0.359 e. The summed E-state index contributed by atoms with van der Waals surface area (Å²) in [7, 11) is -5.29. The van der Waals surface area contributed by atoms with E-state index in [9.17, 15) is 44.6 Å². The second-order valence-electron chi connectivity index (χ2n) is 9.81. The third-order valence-corrected chi connectivity index (χ3v) is 8.62. The number of hydrogen-bond acceptors (Lipinski definition) is 17. The van der Waals surface area contributed by atoms with Gasteiger partial charge in [0.1, 0.15) is 36.6 Å². The number of aliphatic hydroxyl groups is 5. The van der Waals surface area contributed by atoms with Crippen LogP contribution in [0.5, 0.6) is 0 Å². The Bertz CT molecular complexity index is 1860. The lowest BCUT2D eigenvalue weighted by Crippen LogP contribution is -2.41. The van der Waals surface area contributed by atoms with Gasteiger partial charge in [0, 0.05) is 0 Å². The van der Waals surface area contributed by atoms with E-state index in [-0.39, 0.29) is 34.2 Å². The van der Waals surface area contributed by atoms with Crippen molar-refractivity contribution in [1.82, 2.24) is 39.0 Å². The maximum atomic E-state index is 13.3. The summed E-state index contributed by atoms with van der Waals surface area (Å²) in [6.45, 7) is -0.830. The van der Waals surface area contributed by atoms with Gasteiger partial charge in [0.25, 0.3) is 11.1 Å². The number of nitrogens with one attached hydrogen (secondary N) is 2. The molecule has 2 aliphatic heterocycles. The number of fused-ring (bicyclic) bond motifs is 2. The number of nitrogens with zero attached hydrogens (tertiary/aromatic N) is 6. The van der Waals surface area contributed by atoms with Gasteiger partial charge in [0.05, 0.1) is 19.3 Å². The molecule has 6 rings (SSSR count). The number of nitrogen functional groups attached to an aromatic ring is 2. The average Bonchev–Trinajstić information content (AvgIpc) is 3.69. The summed E-state index contributed by atoms with van der Waals surface area (Å²) >= 11 is 0. The van der Waals surface area contributed by atoms with E-state index in [0.717, 1.165) is 21.8 Å². The summed E-state index contributed by atoms with van der Waals surface area (Å²) in [4.78, 5) is 55.1. The van der Waals surface area contributed by atoms with E-state index < -0.39 is 80.2 Å². The van der Waals surface area contributed by atoms with Crippen LogP contribution in [0.15, 0.2) is 22.2 Å². The van der Waals surface area contributed by atoms with E-state index in [4.69, 9.17) is 25.5 Å². The number of imidazole rings is 2. The quantitative estimate of drug-likeness (QED) is 0.0858. The number of ether oxygens (including phenoxy) is 2. The summed E-state index contributed by atoms with van der Waals surface area (Å²) in [6.07, 6.45) is -11.6. The Hall–Kier alpha value is -3.83. The van der Waals surface area contributed by atoms with Crippen molar-refractivity contribution in [1.29, 1.82) is 0 Å². The van der Waals surface area contributed by atoms with Crippen LogP contribution in [-0.2, 0) is 18.6 Å². The van der Waals surface area contributed by atoms with Crippen LogP contribution in [0.1, 0.15) is 12.5 Å². The molecule has 4 aromatic rings. The third-order valence-electron chi connectivity index (χ3n) is 7.12. The molecule has 10 atom stereocenters. The number of rotatable bonds is 7. The molecule has 0 spiro atoms. The monoisotopic (exact) mass is 628 g/mol. The lowest BCUT2D eigenvalue weighted by Gasteiger charge is -2.28. The fourth-order valence-corrected chi connectivity index (χ4v) is 6.42. The highest BCUT2D eigenvalue weighted by Crippen LogP contribution is 2.54. The molecule has 0 amide bonds. The molecule has 2 saturated heterocycles. The molecule has 22 nitrogen and oxygen atoms in total. The van der Waals surface area contributed by atoms with Crippen molar-refractivity contribution in [2.45, 2.75) is 54.9 Å². The van der Waals surface area contributed by atoms with Gasteiger partial charge in [-0.25, -0.2) is 9.97 Å². The van der Waals surface area contributed by atoms with E-state index in [0.29, 0.717) is 0 Å². The minimum atomic E-state index is -5.29. The molecular weight excluding hydrogens is 603 g/mol. The normalized spacial score (nSPS) is 31.6. The zero-order valence-corrected chi connectivity index (χ0v) is 22.4. The number of H-pyrrole nitrogens is 2. The zero-order valence-electron chi connectivity index (χ0n) is 21.5. The predicted octanol–water partition coefficient (Wildman–Crippen LogP) is -4.82. The van der Waals surface area contributed by atoms with Crippen molar-refractivity contribution in [3.63, 3.8) is 0 Å². The highest BCUT2D eigenvalue weighted by atomic mass is 31.2. The number of anilines is 2. The summed E-state index contributed by atoms with van der Waals surface area (Å²) < 4.78 is 31.7. The molecule has 0 saturated carbocycles. The minimum absolute atomic E-state index is 0.109. The number of nitrogens with two attached hydrogens (primary N) is 2.